The Balaban J connectivity index is 1.78. The normalized spacial score (nSPS) is 10.9. The highest BCUT2D eigenvalue weighted by atomic mass is 32.2. The maximum atomic E-state index is 12.7. The van der Waals surface area contributed by atoms with Crippen molar-refractivity contribution >= 4 is 27.3 Å². The van der Waals surface area contributed by atoms with Gasteiger partial charge < -0.3 is 19.5 Å². The van der Waals surface area contributed by atoms with E-state index in [0.29, 0.717) is 40.8 Å². The van der Waals surface area contributed by atoms with Gasteiger partial charge in [-0.1, -0.05) is 24.3 Å². The lowest BCUT2D eigenvalue weighted by Crippen LogP contribution is -2.29. The molecule has 0 fully saturated rings. The predicted octanol–water partition coefficient (Wildman–Crippen LogP) is 4.32. The first-order valence-corrected chi connectivity index (χ1v) is 12.4. The van der Waals surface area contributed by atoms with Crippen LogP contribution in [0.1, 0.15) is 22.8 Å². The highest BCUT2D eigenvalue weighted by Gasteiger charge is 2.21. The van der Waals surface area contributed by atoms with E-state index in [0.717, 1.165) is 11.8 Å². The second kappa shape index (κ2) is 10.9. The number of anilines is 2. The number of ether oxygens (including phenoxy) is 3. The zero-order valence-electron chi connectivity index (χ0n) is 19.6. The van der Waals surface area contributed by atoms with E-state index in [2.05, 4.69) is 5.32 Å². The van der Waals surface area contributed by atoms with Crippen molar-refractivity contribution in [2.75, 3.05) is 36.7 Å². The molecule has 0 spiro atoms. The molecular weight excluding hydrogens is 456 g/mol. The fourth-order valence-corrected chi connectivity index (χ4v) is 4.26. The molecule has 0 radical (unpaired) electrons. The topological polar surface area (TPSA) is 94.2 Å². The number of amides is 1. The van der Waals surface area contributed by atoms with Crippen molar-refractivity contribution in [2.45, 2.75) is 13.5 Å². The van der Waals surface area contributed by atoms with E-state index in [1.54, 1.807) is 66.7 Å². The number of hydrogen-bond acceptors (Lipinski definition) is 6. The molecule has 3 aromatic carbocycles. The lowest BCUT2D eigenvalue weighted by atomic mass is 10.1. The van der Waals surface area contributed by atoms with Crippen LogP contribution in [0.15, 0.2) is 66.7 Å². The van der Waals surface area contributed by atoms with Gasteiger partial charge in [0.1, 0.15) is 5.75 Å². The standard InChI is InChI=1S/C25H28N2O6S/c1-5-33-22-9-7-6-8-21(22)27(34(4,29)30)17-18-10-12-19(13-11-18)25(28)26-20-14-15-23(31-2)24(16-20)32-3/h6-16H,5,17H2,1-4H3,(H,26,28). The van der Waals surface area contributed by atoms with Gasteiger partial charge in [-0.05, 0) is 48.9 Å². The van der Waals surface area contributed by atoms with Gasteiger partial charge in [-0.3, -0.25) is 9.10 Å². The lowest BCUT2D eigenvalue weighted by molar-refractivity contribution is 0.102. The summed E-state index contributed by atoms with van der Waals surface area (Å²) in [6.07, 6.45) is 1.15. The van der Waals surface area contributed by atoms with Crippen molar-refractivity contribution in [3.8, 4) is 17.2 Å². The molecule has 0 heterocycles. The van der Waals surface area contributed by atoms with Crippen molar-refractivity contribution in [1.82, 2.24) is 0 Å². The number of sulfonamides is 1. The minimum absolute atomic E-state index is 0.0977. The number of nitrogens with one attached hydrogen (secondary N) is 1. The van der Waals surface area contributed by atoms with E-state index in [-0.39, 0.29) is 12.5 Å². The molecule has 0 atom stereocenters. The summed E-state index contributed by atoms with van der Waals surface area (Å²) < 4.78 is 42.5. The fraction of sp³-hybridized carbons (Fsp3) is 0.240. The Morgan fingerprint density at radius 2 is 1.59 bits per heavy atom. The van der Waals surface area contributed by atoms with Gasteiger partial charge in [0.25, 0.3) is 5.91 Å². The first-order chi connectivity index (χ1) is 16.3. The first kappa shape index (κ1) is 24.9. The number of rotatable bonds is 10. The maximum Gasteiger partial charge on any atom is 0.255 e. The number of nitrogens with zero attached hydrogens (tertiary/aromatic N) is 1. The Kier molecular flexibility index (Phi) is 8.01. The minimum Gasteiger partial charge on any atom is -0.493 e. The molecule has 0 saturated heterocycles. The highest BCUT2D eigenvalue weighted by Crippen LogP contribution is 2.32. The molecule has 3 rings (SSSR count). The third kappa shape index (κ3) is 5.99. The van der Waals surface area contributed by atoms with Gasteiger partial charge in [0.15, 0.2) is 11.5 Å². The van der Waals surface area contributed by atoms with Gasteiger partial charge in [-0.25, -0.2) is 8.42 Å². The summed E-state index contributed by atoms with van der Waals surface area (Å²) in [5.74, 6) is 1.25. The molecule has 0 unspecified atom stereocenters. The molecule has 0 aliphatic heterocycles. The van der Waals surface area contributed by atoms with Gasteiger partial charge >= 0.3 is 0 Å². The third-order valence-electron chi connectivity index (χ3n) is 5.02. The Bertz CT molecular complexity index is 1240. The number of carbonyl (C=O) groups is 1. The minimum atomic E-state index is -3.58. The average Bonchev–Trinajstić information content (AvgIpc) is 2.83. The SMILES string of the molecule is CCOc1ccccc1N(Cc1ccc(C(=O)Nc2ccc(OC)c(OC)c2)cc1)S(C)(=O)=O. The van der Waals surface area contributed by atoms with Crippen molar-refractivity contribution in [1.29, 1.82) is 0 Å². The summed E-state index contributed by atoms with van der Waals surface area (Å²) in [5, 5.41) is 2.82. The summed E-state index contributed by atoms with van der Waals surface area (Å²) in [5.41, 5.74) is 2.17. The van der Waals surface area contributed by atoms with Crippen LogP contribution in [0.5, 0.6) is 17.2 Å². The molecule has 3 aromatic rings. The van der Waals surface area contributed by atoms with Gasteiger partial charge in [0.2, 0.25) is 10.0 Å². The second-order valence-electron chi connectivity index (χ2n) is 7.39. The molecule has 0 bridgehead atoms. The van der Waals surface area contributed by atoms with Crippen LogP contribution >= 0.6 is 0 Å². The average molecular weight is 485 g/mol. The zero-order valence-corrected chi connectivity index (χ0v) is 20.4. The summed E-state index contributed by atoms with van der Waals surface area (Å²) in [6, 6.07) is 18.8. The molecule has 0 aliphatic rings. The molecule has 1 amide bonds. The van der Waals surface area contributed by atoms with E-state index in [9.17, 15) is 13.2 Å². The monoisotopic (exact) mass is 484 g/mol. The predicted molar refractivity (Wildman–Crippen MR) is 133 cm³/mol. The molecule has 0 aromatic heterocycles. The van der Waals surface area contributed by atoms with Gasteiger partial charge in [0.05, 0.1) is 39.3 Å². The number of carbonyl (C=O) groups excluding carboxylic acids is 1. The summed E-state index contributed by atoms with van der Waals surface area (Å²) in [6.45, 7) is 2.35. The molecular formula is C25H28N2O6S. The van der Waals surface area contributed by atoms with Crippen LogP contribution in [0, 0.1) is 0 Å². The molecule has 9 heteroatoms. The van der Waals surface area contributed by atoms with Crippen molar-refractivity contribution < 1.29 is 27.4 Å². The smallest absolute Gasteiger partial charge is 0.255 e. The molecule has 1 N–H and O–H groups in total. The van der Waals surface area contributed by atoms with Crippen LogP contribution in [-0.4, -0.2) is 41.4 Å². The number of benzene rings is 3. The number of hydrogen-bond donors (Lipinski definition) is 1. The zero-order chi connectivity index (χ0) is 24.7. The largest absolute Gasteiger partial charge is 0.493 e. The quantitative estimate of drug-likeness (QED) is 0.461. The van der Waals surface area contributed by atoms with E-state index >= 15 is 0 Å². The summed E-state index contributed by atoms with van der Waals surface area (Å²) in [4.78, 5) is 12.7. The van der Waals surface area contributed by atoms with Crippen LogP contribution in [0.25, 0.3) is 0 Å². The Hall–Kier alpha value is -3.72. The van der Waals surface area contributed by atoms with Crippen LogP contribution < -0.4 is 23.8 Å². The first-order valence-electron chi connectivity index (χ1n) is 10.6. The van der Waals surface area contributed by atoms with Gasteiger partial charge in [-0.2, -0.15) is 0 Å². The van der Waals surface area contributed by atoms with Crippen LogP contribution in [-0.2, 0) is 16.6 Å². The fourth-order valence-electron chi connectivity index (χ4n) is 3.37. The van der Waals surface area contributed by atoms with Crippen molar-refractivity contribution in [2.24, 2.45) is 0 Å². The third-order valence-corrected chi connectivity index (χ3v) is 6.14. The maximum absolute atomic E-state index is 12.7. The molecule has 34 heavy (non-hydrogen) atoms. The van der Waals surface area contributed by atoms with E-state index in [1.165, 1.54) is 18.5 Å². The van der Waals surface area contributed by atoms with Crippen molar-refractivity contribution in [3.63, 3.8) is 0 Å². The van der Waals surface area contributed by atoms with E-state index in [4.69, 9.17) is 14.2 Å². The Morgan fingerprint density at radius 1 is 0.912 bits per heavy atom. The molecule has 180 valence electrons. The number of para-hydroxylation sites is 2. The molecule has 0 aliphatic carbocycles. The summed E-state index contributed by atoms with van der Waals surface area (Å²) in [7, 11) is -0.522. The van der Waals surface area contributed by atoms with Crippen LogP contribution in [0.2, 0.25) is 0 Å². The molecule has 8 nitrogen and oxygen atoms in total. The van der Waals surface area contributed by atoms with E-state index < -0.39 is 10.0 Å². The highest BCUT2D eigenvalue weighted by molar-refractivity contribution is 7.92. The Labute approximate surface area is 200 Å². The van der Waals surface area contributed by atoms with Gasteiger partial charge in [0, 0.05) is 17.3 Å². The van der Waals surface area contributed by atoms with E-state index in [1.807, 2.05) is 6.92 Å². The lowest BCUT2D eigenvalue weighted by Gasteiger charge is -2.24. The van der Waals surface area contributed by atoms with Gasteiger partial charge in [-0.15, -0.1) is 0 Å². The second-order valence-corrected chi connectivity index (χ2v) is 9.30. The molecule has 0 saturated carbocycles. The Morgan fingerprint density at radius 3 is 2.21 bits per heavy atom. The summed E-state index contributed by atoms with van der Waals surface area (Å²) >= 11 is 0. The van der Waals surface area contributed by atoms with Crippen LogP contribution in [0.3, 0.4) is 0 Å². The number of methoxy groups -OCH3 is 2. The van der Waals surface area contributed by atoms with Crippen molar-refractivity contribution in [3.05, 3.63) is 77.9 Å². The van der Waals surface area contributed by atoms with Crippen LogP contribution in [0.4, 0.5) is 11.4 Å².